The van der Waals surface area contributed by atoms with Crippen LogP contribution in [0.25, 0.3) is 0 Å². The molecule has 32 heavy (non-hydrogen) atoms. The van der Waals surface area contributed by atoms with E-state index in [-0.39, 0.29) is 24.3 Å². The SMILES string of the molecule is CCN(Cc1ccccc1)C(=O)c1ccccc1N1CCC(NC(=O)CC(=O)OC)CC1. The Morgan fingerprint density at radius 3 is 2.34 bits per heavy atom. The Kier molecular flexibility index (Phi) is 8.25. The van der Waals surface area contributed by atoms with Gasteiger partial charge in [-0.15, -0.1) is 0 Å². The molecule has 0 unspecified atom stereocenters. The van der Waals surface area contributed by atoms with Gasteiger partial charge in [0.1, 0.15) is 6.42 Å². The van der Waals surface area contributed by atoms with E-state index in [2.05, 4.69) is 15.0 Å². The molecule has 1 heterocycles. The molecule has 0 atom stereocenters. The van der Waals surface area contributed by atoms with Crippen molar-refractivity contribution < 1.29 is 19.1 Å². The first-order chi connectivity index (χ1) is 15.5. The summed E-state index contributed by atoms with van der Waals surface area (Å²) >= 11 is 0. The Balaban J connectivity index is 1.64. The fraction of sp³-hybridized carbons (Fsp3) is 0.400. The van der Waals surface area contributed by atoms with Crippen LogP contribution >= 0.6 is 0 Å². The first-order valence-corrected chi connectivity index (χ1v) is 11.0. The van der Waals surface area contributed by atoms with Crippen molar-refractivity contribution in [2.75, 3.05) is 31.6 Å². The molecule has 170 valence electrons. The molecule has 3 rings (SSSR count). The van der Waals surface area contributed by atoms with Gasteiger partial charge in [-0.05, 0) is 37.5 Å². The molecular formula is C25H31N3O4. The number of hydrogen-bond acceptors (Lipinski definition) is 5. The molecule has 0 spiro atoms. The van der Waals surface area contributed by atoms with Gasteiger partial charge in [0.2, 0.25) is 5.91 Å². The monoisotopic (exact) mass is 437 g/mol. The van der Waals surface area contributed by atoms with E-state index in [1.54, 1.807) is 0 Å². The van der Waals surface area contributed by atoms with Crippen molar-refractivity contribution in [3.8, 4) is 0 Å². The molecule has 1 N–H and O–H groups in total. The second-order valence-corrected chi connectivity index (χ2v) is 7.90. The lowest BCUT2D eigenvalue weighted by atomic mass is 10.0. The van der Waals surface area contributed by atoms with E-state index in [4.69, 9.17) is 0 Å². The number of rotatable bonds is 8. The fourth-order valence-corrected chi connectivity index (χ4v) is 3.98. The lowest BCUT2D eigenvalue weighted by Crippen LogP contribution is -2.45. The molecule has 0 bridgehead atoms. The summed E-state index contributed by atoms with van der Waals surface area (Å²) < 4.78 is 4.54. The standard InChI is InChI=1S/C25H31N3O4/c1-3-27(18-19-9-5-4-6-10-19)25(31)21-11-7-8-12-22(21)28-15-13-20(14-16-28)26-23(29)17-24(30)32-2/h4-12,20H,3,13-18H2,1-2H3,(H,26,29). The number of hydrogen-bond donors (Lipinski definition) is 1. The van der Waals surface area contributed by atoms with E-state index < -0.39 is 5.97 Å². The predicted octanol–water partition coefficient (Wildman–Crippen LogP) is 3.00. The first kappa shape index (κ1) is 23.3. The third-order valence-electron chi connectivity index (χ3n) is 5.75. The minimum Gasteiger partial charge on any atom is -0.469 e. The van der Waals surface area contributed by atoms with Crippen LogP contribution in [0.5, 0.6) is 0 Å². The minimum absolute atomic E-state index is 0.0106. The Morgan fingerprint density at radius 1 is 1.03 bits per heavy atom. The summed E-state index contributed by atoms with van der Waals surface area (Å²) in [7, 11) is 1.27. The lowest BCUT2D eigenvalue weighted by Gasteiger charge is -2.35. The molecule has 7 heteroatoms. The van der Waals surface area contributed by atoms with Gasteiger partial charge < -0.3 is 19.9 Å². The van der Waals surface area contributed by atoms with Gasteiger partial charge in [0, 0.05) is 37.9 Å². The first-order valence-electron chi connectivity index (χ1n) is 11.0. The second-order valence-electron chi connectivity index (χ2n) is 7.90. The number of benzene rings is 2. The van der Waals surface area contributed by atoms with Gasteiger partial charge in [-0.25, -0.2) is 0 Å². The Hall–Kier alpha value is -3.35. The summed E-state index contributed by atoms with van der Waals surface area (Å²) in [6.07, 6.45) is 1.23. The summed E-state index contributed by atoms with van der Waals surface area (Å²) in [6.45, 7) is 4.62. The van der Waals surface area contributed by atoms with Crippen molar-refractivity contribution in [2.24, 2.45) is 0 Å². The maximum atomic E-state index is 13.4. The number of anilines is 1. The highest BCUT2D eigenvalue weighted by molar-refractivity contribution is 6.00. The van der Waals surface area contributed by atoms with Crippen LogP contribution in [0.1, 0.15) is 42.1 Å². The van der Waals surface area contributed by atoms with Crippen LogP contribution in [0, 0.1) is 0 Å². The van der Waals surface area contributed by atoms with Crippen LogP contribution in [-0.4, -0.2) is 55.5 Å². The number of piperidine rings is 1. The van der Waals surface area contributed by atoms with E-state index in [9.17, 15) is 14.4 Å². The fourth-order valence-electron chi connectivity index (χ4n) is 3.98. The van der Waals surface area contributed by atoms with Crippen molar-refractivity contribution in [1.29, 1.82) is 0 Å². The van der Waals surface area contributed by atoms with Gasteiger partial charge in [-0.2, -0.15) is 0 Å². The van der Waals surface area contributed by atoms with E-state index in [1.807, 2.05) is 66.4 Å². The molecule has 2 aromatic rings. The van der Waals surface area contributed by atoms with Gasteiger partial charge in [0.05, 0.1) is 12.7 Å². The van der Waals surface area contributed by atoms with Gasteiger partial charge in [-0.1, -0.05) is 42.5 Å². The zero-order valence-electron chi connectivity index (χ0n) is 18.8. The molecule has 1 fully saturated rings. The topological polar surface area (TPSA) is 79.0 Å². The van der Waals surface area contributed by atoms with E-state index in [0.717, 1.165) is 37.2 Å². The number of amides is 2. The molecule has 0 saturated carbocycles. The second kappa shape index (κ2) is 11.3. The number of ether oxygens (including phenoxy) is 1. The molecule has 7 nitrogen and oxygen atoms in total. The van der Waals surface area contributed by atoms with Crippen molar-refractivity contribution in [3.63, 3.8) is 0 Å². The van der Waals surface area contributed by atoms with Crippen LogP contribution in [0.3, 0.4) is 0 Å². The quantitative estimate of drug-likeness (QED) is 0.507. The zero-order valence-corrected chi connectivity index (χ0v) is 18.8. The highest BCUT2D eigenvalue weighted by Gasteiger charge is 2.25. The number of esters is 1. The minimum atomic E-state index is -0.539. The molecule has 0 radical (unpaired) electrons. The summed E-state index contributed by atoms with van der Waals surface area (Å²) in [6, 6.07) is 17.7. The molecule has 0 aliphatic carbocycles. The van der Waals surface area contributed by atoms with E-state index in [0.29, 0.717) is 18.7 Å². The van der Waals surface area contributed by atoms with Crippen LogP contribution in [0.4, 0.5) is 5.69 Å². The number of nitrogens with zero attached hydrogens (tertiary/aromatic N) is 2. The van der Waals surface area contributed by atoms with Crippen LogP contribution in [-0.2, 0) is 20.9 Å². The highest BCUT2D eigenvalue weighted by Crippen LogP contribution is 2.26. The van der Waals surface area contributed by atoms with Gasteiger partial charge in [-0.3, -0.25) is 14.4 Å². The normalized spacial score (nSPS) is 14.0. The largest absolute Gasteiger partial charge is 0.469 e. The number of nitrogens with one attached hydrogen (secondary N) is 1. The molecule has 2 aromatic carbocycles. The van der Waals surface area contributed by atoms with Gasteiger partial charge >= 0.3 is 5.97 Å². The maximum Gasteiger partial charge on any atom is 0.315 e. The predicted molar refractivity (Wildman–Crippen MR) is 123 cm³/mol. The number of methoxy groups -OCH3 is 1. The molecule has 1 saturated heterocycles. The number of carbonyl (C=O) groups excluding carboxylic acids is 3. The number of carbonyl (C=O) groups is 3. The molecule has 2 amide bonds. The molecule has 1 aliphatic heterocycles. The maximum absolute atomic E-state index is 13.4. The van der Waals surface area contributed by atoms with Crippen molar-refractivity contribution in [3.05, 3.63) is 65.7 Å². The van der Waals surface area contributed by atoms with E-state index in [1.165, 1.54) is 7.11 Å². The van der Waals surface area contributed by atoms with Crippen molar-refractivity contribution in [2.45, 2.75) is 38.8 Å². The third-order valence-corrected chi connectivity index (χ3v) is 5.75. The van der Waals surface area contributed by atoms with Crippen molar-refractivity contribution in [1.82, 2.24) is 10.2 Å². The Morgan fingerprint density at radius 2 is 1.69 bits per heavy atom. The summed E-state index contributed by atoms with van der Waals surface area (Å²) in [5, 5.41) is 2.91. The molecule has 1 aliphatic rings. The van der Waals surface area contributed by atoms with Crippen LogP contribution < -0.4 is 10.2 Å². The third kappa shape index (κ3) is 6.09. The summed E-state index contributed by atoms with van der Waals surface area (Å²) in [5.41, 5.74) is 2.71. The average Bonchev–Trinajstić information content (AvgIpc) is 2.83. The summed E-state index contributed by atoms with van der Waals surface area (Å²) in [4.78, 5) is 40.7. The number of para-hydroxylation sites is 1. The van der Waals surface area contributed by atoms with Gasteiger partial charge in [0.15, 0.2) is 0 Å². The smallest absolute Gasteiger partial charge is 0.315 e. The Bertz CT molecular complexity index is 924. The Labute approximate surface area is 189 Å². The average molecular weight is 438 g/mol. The van der Waals surface area contributed by atoms with Crippen molar-refractivity contribution >= 4 is 23.5 Å². The molecular weight excluding hydrogens is 406 g/mol. The lowest BCUT2D eigenvalue weighted by molar-refractivity contribution is -0.144. The van der Waals surface area contributed by atoms with E-state index >= 15 is 0 Å². The molecule has 0 aromatic heterocycles. The summed E-state index contributed by atoms with van der Waals surface area (Å²) in [5.74, 6) is -0.839. The highest BCUT2D eigenvalue weighted by atomic mass is 16.5. The van der Waals surface area contributed by atoms with Crippen LogP contribution in [0.15, 0.2) is 54.6 Å². The van der Waals surface area contributed by atoms with Gasteiger partial charge in [0.25, 0.3) is 5.91 Å². The zero-order chi connectivity index (χ0) is 22.9. The van der Waals surface area contributed by atoms with Crippen LogP contribution in [0.2, 0.25) is 0 Å².